The van der Waals surface area contributed by atoms with Crippen molar-refractivity contribution in [1.29, 1.82) is 0 Å². The van der Waals surface area contributed by atoms with Gasteiger partial charge in [0.1, 0.15) is 0 Å². The summed E-state index contributed by atoms with van der Waals surface area (Å²) in [5.41, 5.74) is 9.61. The van der Waals surface area contributed by atoms with Crippen LogP contribution in [0.15, 0.2) is 72.9 Å². The second kappa shape index (κ2) is 10.7. The van der Waals surface area contributed by atoms with Crippen molar-refractivity contribution in [2.45, 2.75) is 53.6 Å². The van der Waals surface area contributed by atoms with Crippen LogP contribution in [0.5, 0.6) is 0 Å². The number of aryl methyl sites for hydroxylation is 3. The minimum atomic E-state index is -0.134. The average molecular weight is 538 g/mol. The topological polar surface area (TPSA) is 62.2 Å². The Bertz CT molecular complexity index is 1540. The van der Waals surface area contributed by atoms with Gasteiger partial charge in [0.25, 0.3) is 0 Å². The number of rotatable bonds is 6. The van der Waals surface area contributed by atoms with Crippen LogP contribution >= 0.6 is 12.2 Å². The predicted molar refractivity (Wildman–Crippen MR) is 163 cm³/mol. The molecule has 7 heteroatoms. The Morgan fingerprint density at radius 2 is 1.72 bits per heavy atom. The van der Waals surface area contributed by atoms with Crippen molar-refractivity contribution < 1.29 is 4.79 Å². The molecule has 6 nitrogen and oxygen atoms in total. The highest BCUT2D eigenvalue weighted by Gasteiger charge is 2.42. The monoisotopic (exact) mass is 537 g/mol. The van der Waals surface area contributed by atoms with E-state index < -0.39 is 0 Å². The van der Waals surface area contributed by atoms with E-state index in [4.69, 9.17) is 17.2 Å². The van der Waals surface area contributed by atoms with Gasteiger partial charge >= 0.3 is 0 Å². The number of anilines is 2. The van der Waals surface area contributed by atoms with Crippen LogP contribution in [0.3, 0.4) is 0 Å². The maximum atomic E-state index is 12.3. The van der Waals surface area contributed by atoms with Crippen molar-refractivity contribution in [2.75, 3.05) is 10.2 Å². The second-order valence-corrected chi connectivity index (χ2v) is 11.0. The van der Waals surface area contributed by atoms with E-state index >= 15 is 0 Å². The fourth-order valence-electron chi connectivity index (χ4n) is 5.44. The first-order valence-corrected chi connectivity index (χ1v) is 13.7. The molecule has 4 aromatic rings. The lowest BCUT2D eigenvalue weighted by Crippen LogP contribution is -2.29. The second-order valence-electron chi connectivity index (χ2n) is 10.6. The molecule has 2 N–H and O–H groups in total. The number of carbonyl (C=O) groups excluding carboxylic acids is 1. The van der Waals surface area contributed by atoms with Crippen molar-refractivity contribution in [2.24, 2.45) is 5.92 Å². The highest BCUT2D eigenvalue weighted by atomic mass is 32.1. The molecule has 1 saturated heterocycles. The van der Waals surface area contributed by atoms with Crippen LogP contribution in [-0.2, 0) is 4.79 Å². The smallest absolute Gasteiger partial charge is 0.226 e. The maximum Gasteiger partial charge on any atom is 0.226 e. The molecular formula is C32H35N5OS. The first kappa shape index (κ1) is 26.6. The van der Waals surface area contributed by atoms with E-state index in [1.54, 1.807) is 0 Å². The minimum Gasteiger partial charge on any atom is -0.351 e. The Kier molecular flexibility index (Phi) is 7.28. The third-order valence-electron chi connectivity index (χ3n) is 7.51. The van der Waals surface area contributed by atoms with Gasteiger partial charge in [-0.15, -0.1) is 0 Å². The molecule has 2 aromatic carbocycles. The highest BCUT2D eigenvalue weighted by Crippen LogP contribution is 2.44. The van der Waals surface area contributed by atoms with Gasteiger partial charge < -0.3 is 20.1 Å². The quantitative estimate of drug-likeness (QED) is 0.263. The molecule has 1 fully saturated rings. The largest absolute Gasteiger partial charge is 0.351 e. The lowest BCUT2D eigenvalue weighted by Gasteiger charge is -2.29. The van der Waals surface area contributed by atoms with Crippen LogP contribution < -0.4 is 15.5 Å². The molecule has 2 atom stereocenters. The summed E-state index contributed by atoms with van der Waals surface area (Å²) in [6.07, 6.45) is 1.83. The van der Waals surface area contributed by atoms with E-state index in [1.807, 2.05) is 57.3 Å². The predicted octanol–water partition coefficient (Wildman–Crippen LogP) is 6.88. The SMILES string of the molecule is Cc1cc(N2C(=S)N[C@H](c3ccccn3)[C@H]2c2cc(C)n(-c3ccccc3C)c2C)ccc1NC(=O)C(C)C. The number of amides is 1. The summed E-state index contributed by atoms with van der Waals surface area (Å²) in [5, 5.41) is 7.26. The molecule has 3 heterocycles. The number of benzene rings is 2. The van der Waals surface area contributed by atoms with E-state index in [0.717, 1.165) is 28.3 Å². The summed E-state index contributed by atoms with van der Waals surface area (Å²) in [6.45, 7) is 12.3. The van der Waals surface area contributed by atoms with E-state index in [0.29, 0.717) is 5.11 Å². The molecule has 5 rings (SSSR count). The maximum absolute atomic E-state index is 12.3. The summed E-state index contributed by atoms with van der Waals surface area (Å²) in [6, 6.07) is 22.6. The minimum absolute atomic E-state index is 0.000878. The molecule has 0 aliphatic carbocycles. The van der Waals surface area contributed by atoms with Gasteiger partial charge in [-0.25, -0.2) is 0 Å². The molecule has 0 radical (unpaired) electrons. The van der Waals surface area contributed by atoms with Crippen LogP contribution in [0.25, 0.3) is 5.69 Å². The van der Waals surface area contributed by atoms with Gasteiger partial charge in [0, 0.05) is 40.6 Å². The van der Waals surface area contributed by atoms with Crippen molar-refractivity contribution in [3.63, 3.8) is 0 Å². The lowest BCUT2D eigenvalue weighted by atomic mass is 9.96. The van der Waals surface area contributed by atoms with Crippen molar-refractivity contribution in [3.05, 3.63) is 107 Å². The number of aromatic nitrogens is 2. The van der Waals surface area contributed by atoms with E-state index in [-0.39, 0.29) is 23.9 Å². The first-order chi connectivity index (χ1) is 18.7. The average Bonchev–Trinajstić information content (AvgIpc) is 3.41. The van der Waals surface area contributed by atoms with Crippen LogP contribution in [0.1, 0.15) is 59.7 Å². The zero-order valence-electron chi connectivity index (χ0n) is 23.3. The molecular weight excluding hydrogens is 502 g/mol. The fraction of sp³-hybridized carbons (Fsp3) is 0.281. The zero-order valence-corrected chi connectivity index (χ0v) is 24.1. The van der Waals surface area contributed by atoms with Gasteiger partial charge in [-0.05, 0) is 99.1 Å². The standard InChI is InChI=1S/C32H35N5OS/c1-19(2)31(38)34-26-15-14-24(17-21(26)4)37-30(29(35-32(37)39)27-12-9-10-16-33-27)25-18-22(5)36(23(25)6)28-13-8-7-11-20(28)3/h7-19,29-30H,1-6H3,(H,34,38)(H,35,39)/t29-,30-/m1/s1. The summed E-state index contributed by atoms with van der Waals surface area (Å²) in [4.78, 5) is 19.2. The highest BCUT2D eigenvalue weighted by molar-refractivity contribution is 7.80. The van der Waals surface area contributed by atoms with Crippen LogP contribution in [0.4, 0.5) is 11.4 Å². The molecule has 2 aromatic heterocycles. The molecule has 0 unspecified atom stereocenters. The number of carbonyl (C=O) groups is 1. The third-order valence-corrected chi connectivity index (χ3v) is 7.83. The fourth-order valence-corrected chi connectivity index (χ4v) is 5.78. The van der Waals surface area contributed by atoms with Gasteiger partial charge in [0.05, 0.1) is 17.8 Å². The lowest BCUT2D eigenvalue weighted by molar-refractivity contribution is -0.118. The number of para-hydroxylation sites is 1. The molecule has 1 amide bonds. The van der Waals surface area contributed by atoms with Gasteiger partial charge in [0.15, 0.2) is 5.11 Å². The Labute approximate surface area is 236 Å². The normalized spacial score (nSPS) is 17.0. The number of hydrogen-bond donors (Lipinski definition) is 2. The van der Waals surface area contributed by atoms with E-state index in [1.165, 1.54) is 22.5 Å². The van der Waals surface area contributed by atoms with Crippen LogP contribution in [-0.4, -0.2) is 20.6 Å². The summed E-state index contributed by atoms with van der Waals surface area (Å²) >= 11 is 5.96. The number of hydrogen-bond acceptors (Lipinski definition) is 3. The molecule has 1 aliphatic rings. The number of thiocarbonyl (C=S) groups is 1. The van der Waals surface area contributed by atoms with Gasteiger partial charge in [-0.3, -0.25) is 9.78 Å². The molecule has 0 bridgehead atoms. The van der Waals surface area contributed by atoms with Crippen molar-refractivity contribution in [1.82, 2.24) is 14.9 Å². The van der Waals surface area contributed by atoms with E-state index in [9.17, 15) is 4.79 Å². The van der Waals surface area contributed by atoms with Crippen molar-refractivity contribution >= 4 is 34.6 Å². The Morgan fingerprint density at radius 1 is 0.974 bits per heavy atom. The van der Waals surface area contributed by atoms with Gasteiger partial charge in [-0.2, -0.15) is 0 Å². The number of pyridine rings is 1. The summed E-state index contributed by atoms with van der Waals surface area (Å²) in [5.74, 6) is -0.0904. The molecule has 39 heavy (non-hydrogen) atoms. The molecule has 200 valence electrons. The number of nitrogens with zero attached hydrogens (tertiary/aromatic N) is 3. The van der Waals surface area contributed by atoms with Gasteiger partial charge in [0.2, 0.25) is 5.91 Å². The zero-order chi connectivity index (χ0) is 27.8. The molecule has 1 aliphatic heterocycles. The molecule has 0 spiro atoms. The summed E-state index contributed by atoms with van der Waals surface area (Å²) in [7, 11) is 0. The van der Waals surface area contributed by atoms with E-state index in [2.05, 4.69) is 77.3 Å². The Balaban J connectivity index is 1.63. The Hall–Kier alpha value is -3.97. The Morgan fingerprint density at radius 3 is 2.38 bits per heavy atom. The summed E-state index contributed by atoms with van der Waals surface area (Å²) < 4.78 is 2.33. The van der Waals surface area contributed by atoms with Crippen LogP contribution in [0.2, 0.25) is 0 Å². The third kappa shape index (κ3) is 4.94. The first-order valence-electron chi connectivity index (χ1n) is 13.3. The number of nitrogens with one attached hydrogen (secondary N) is 2. The van der Waals surface area contributed by atoms with Crippen LogP contribution in [0, 0.1) is 33.6 Å². The molecule has 0 saturated carbocycles. The van der Waals surface area contributed by atoms with Crippen molar-refractivity contribution in [3.8, 4) is 5.69 Å². The van der Waals surface area contributed by atoms with Gasteiger partial charge in [-0.1, -0.05) is 38.1 Å².